The second-order valence-corrected chi connectivity index (χ2v) is 8.10. The zero-order valence-corrected chi connectivity index (χ0v) is 16.3. The van der Waals surface area contributed by atoms with Gasteiger partial charge in [0.05, 0.1) is 19.1 Å². The molecule has 3 N–H and O–H groups in total. The number of nitrogens with one attached hydrogen (secondary N) is 1. The smallest absolute Gasteiger partial charge is 0.240 e. The van der Waals surface area contributed by atoms with E-state index in [0.717, 1.165) is 5.56 Å². The SMILES string of the molecule is COc1cc(OC)cc(S(=O)(=O)NCC(N)c2ccc(C(C)C)cc2)c1. The molecule has 2 rings (SSSR count). The van der Waals surface area contributed by atoms with Crippen LogP contribution >= 0.6 is 0 Å². The Bertz CT molecular complexity index is 811. The van der Waals surface area contributed by atoms with Crippen molar-refractivity contribution >= 4 is 10.0 Å². The highest BCUT2D eigenvalue weighted by atomic mass is 32.2. The van der Waals surface area contributed by atoms with E-state index in [1.54, 1.807) is 6.07 Å². The predicted octanol–water partition coefficient (Wildman–Crippen LogP) is 2.81. The Morgan fingerprint density at radius 3 is 1.92 bits per heavy atom. The molecular formula is C19H26N2O4S. The average Bonchev–Trinajstić information content (AvgIpc) is 2.65. The van der Waals surface area contributed by atoms with Crippen molar-refractivity contribution in [2.75, 3.05) is 20.8 Å². The Morgan fingerprint density at radius 1 is 0.962 bits per heavy atom. The predicted molar refractivity (Wildman–Crippen MR) is 102 cm³/mol. The molecule has 0 aliphatic rings. The molecule has 0 aliphatic heterocycles. The van der Waals surface area contributed by atoms with E-state index in [2.05, 4.69) is 18.6 Å². The Hall–Kier alpha value is -2.09. The molecule has 0 bridgehead atoms. The molecule has 1 unspecified atom stereocenters. The Morgan fingerprint density at radius 2 is 1.46 bits per heavy atom. The molecule has 0 saturated heterocycles. The maximum atomic E-state index is 12.6. The summed E-state index contributed by atoms with van der Waals surface area (Å²) < 4.78 is 37.9. The van der Waals surface area contributed by atoms with Crippen LogP contribution in [0.15, 0.2) is 47.4 Å². The van der Waals surface area contributed by atoms with Crippen LogP contribution in [-0.2, 0) is 10.0 Å². The first-order chi connectivity index (χ1) is 12.3. The first-order valence-electron chi connectivity index (χ1n) is 8.35. The lowest BCUT2D eigenvalue weighted by atomic mass is 9.99. The number of benzene rings is 2. The summed E-state index contributed by atoms with van der Waals surface area (Å²) in [5.41, 5.74) is 8.23. The fourth-order valence-electron chi connectivity index (χ4n) is 2.47. The molecule has 0 radical (unpaired) electrons. The number of sulfonamides is 1. The first kappa shape index (κ1) is 20.2. The molecule has 0 spiro atoms. The van der Waals surface area contributed by atoms with Gasteiger partial charge in [0.1, 0.15) is 11.5 Å². The maximum Gasteiger partial charge on any atom is 0.240 e. The largest absolute Gasteiger partial charge is 0.497 e. The lowest BCUT2D eigenvalue weighted by molar-refractivity contribution is 0.392. The number of hydrogen-bond donors (Lipinski definition) is 2. The first-order valence-corrected chi connectivity index (χ1v) is 9.83. The third-order valence-corrected chi connectivity index (χ3v) is 5.56. The summed E-state index contributed by atoms with van der Waals surface area (Å²) >= 11 is 0. The van der Waals surface area contributed by atoms with Crippen molar-refractivity contribution in [3.63, 3.8) is 0 Å². The molecule has 0 heterocycles. The normalized spacial score (nSPS) is 12.8. The second-order valence-electron chi connectivity index (χ2n) is 6.33. The van der Waals surface area contributed by atoms with E-state index in [4.69, 9.17) is 15.2 Å². The third-order valence-electron chi connectivity index (χ3n) is 4.16. The molecule has 6 nitrogen and oxygen atoms in total. The van der Waals surface area contributed by atoms with Crippen LogP contribution in [-0.4, -0.2) is 29.2 Å². The summed E-state index contributed by atoms with van der Waals surface area (Å²) in [5, 5.41) is 0. The Balaban J connectivity index is 2.12. The van der Waals surface area contributed by atoms with Crippen LogP contribution < -0.4 is 19.9 Å². The fourth-order valence-corrected chi connectivity index (χ4v) is 3.57. The van der Waals surface area contributed by atoms with Crippen molar-refractivity contribution in [3.8, 4) is 11.5 Å². The summed E-state index contributed by atoms with van der Waals surface area (Å²) in [5.74, 6) is 1.23. The highest BCUT2D eigenvalue weighted by Crippen LogP contribution is 2.25. The topological polar surface area (TPSA) is 90.6 Å². The van der Waals surface area contributed by atoms with E-state index in [0.29, 0.717) is 17.4 Å². The molecule has 0 aliphatic carbocycles. The van der Waals surface area contributed by atoms with Crippen LogP contribution in [0.2, 0.25) is 0 Å². The van der Waals surface area contributed by atoms with Gasteiger partial charge in [-0.2, -0.15) is 0 Å². The van der Waals surface area contributed by atoms with Gasteiger partial charge in [-0.1, -0.05) is 38.1 Å². The fraction of sp³-hybridized carbons (Fsp3) is 0.368. The van der Waals surface area contributed by atoms with Gasteiger partial charge in [-0.05, 0) is 17.0 Å². The Labute approximate surface area is 155 Å². The third kappa shape index (κ3) is 4.97. The van der Waals surface area contributed by atoms with Crippen LogP contribution in [0.4, 0.5) is 0 Å². The molecule has 7 heteroatoms. The van der Waals surface area contributed by atoms with E-state index < -0.39 is 16.1 Å². The standard InChI is InChI=1S/C19H26N2O4S/c1-13(2)14-5-7-15(8-6-14)19(20)12-21-26(22,23)18-10-16(24-3)9-17(11-18)25-4/h5-11,13,19,21H,12,20H2,1-4H3. The minimum Gasteiger partial charge on any atom is -0.497 e. The molecule has 1 atom stereocenters. The van der Waals surface area contributed by atoms with Gasteiger partial charge in [-0.25, -0.2) is 13.1 Å². The van der Waals surface area contributed by atoms with Crippen LogP contribution in [0.3, 0.4) is 0 Å². The quantitative estimate of drug-likeness (QED) is 0.737. The van der Waals surface area contributed by atoms with E-state index in [1.807, 2.05) is 24.3 Å². The van der Waals surface area contributed by atoms with E-state index >= 15 is 0 Å². The van der Waals surface area contributed by atoms with Crippen LogP contribution in [0.25, 0.3) is 0 Å². The monoisotopic (exact) mass is 378 g/mol. The molecule has 26 heavy (non-hydrogen) atoms. The lowest BCUT2D eigenvalue weighted by Gasteiger charge is -2.15. The molecule has 0 aromatic heterocycles. The highest BCUT2D eigenvalue weighted by Gasteiger charge is 2.18. The summed E-state index contributed by atoms with van der Waals surface area (Å²) in [6.07, 6.45) is 0. The molecule has 142 valence electrons. The summed E-state index contributed by atoms with van der Waals surface area (Å²) in [6, 6.07) is 11.9. The minimum atomic E-state index is -3.74. The number of rotatable bonds is 8. The van der Waals surface area contributed by atoms with E-state index in [1.165, 1.54) is 31.9 Å². The van der Waals surface area contributed by atoms with Gasteiger partial charge >= 0.3 is 0 Å². The molecule has 2 aromatic rings. The minimum absolute atomic E-state index is 0.0658. The van der Waals surface area contributed by atoms with Gasteiger partial charge in [0.25, 0.3) is 0 Å². The van der Waals surface area contributed by atoms with Crippen molar-refractivity contribution < 1.29 is 17.9 Å². The lowest BCUT2D eigenvalue weighted by Crippen LogP contribution is -2.32. The highest BCUT2D eigenvalue weighted by molar-refractivity contribution is 7.89. The molecular weight excluding hydrogens is 352 g/mol. The average molecular weight is 378 g/mol. The number of nitrogens with two attached hydrogens (primary N) is 1. The zero-order chi connectivity index (χ0) is 19.3. The van der Waals surface area contributed by atoms with Crippen molar-refractivity contribution in [3.05, 3.63) is 53.6 Å². The van der Waals surface area contributed by atoms with E-state index in [-0.39, 0.29) is 11.4 Å². The molecule has 0 fully saturated rings. The van der Waals surface area contributed by atoms with Gasteiger partial charge in [0, 0.05) is 30.8 Å². The van der Waals surface area contributed by atoms with Gasteiger partial charge < -0.3 is 15.2 Å². The van der Waals surface area contributed by atoms with Crippen LogP contribution in [0.1, 0.15) is 36.9 Å². The van der Waals surface area contributed by atoms with Gasteiger partial charge in [0.15, 0.2) is 0 Å². The maximum absolute atomic E-state index is 12.6. The van der Waals surface area contributed by atoms with Crippen molar-refractivity contribution in [1.82, 2.24) is 4.72 Å². The van der Waals surface area contributed by atoms with Crippen molar-refractivity contribution in [2.24, 2.45) is 5.73 Å². The summed E-state index contributed by atoms with van der Waals surface area (Å²) in [6.45, 7) is 4.32. The Kier molecular flexibility index (Phi) is 6.63. The number of ether oxygens (including phenoxy) is 2. The number of methoxy groups -OCH3 is 2. The number of hydrogen-bond acceptors (Lipinski definition) is 5. The van der Waals surface area contributed by atoms with Crippen LogP contribution in [0.5, 0.6) is 11.5 Å². The van der Waals surface area contributed by atoms with Crippen molar-refractivity contribution in [1.29, 1.82) is 0 Å². The van der Waals surface area contributed by atoms with Gasteiger partial charge in [0.2, 0.25) is 10.0 Å². The second kappa shape index (κ2) is 8.53. The van der Waals surface area contributed by atoms with Gasteiger partial charge in [-0.3, -0.25) is 0 Å². The summed E-state index contributed by atoms with van der Waals surface area (Å²) in [7, 11) is -0.805. The van der Waals surface area contributed by atoms with Gasteiger partial charge in [-0.15, -0.1) is 0 Å². The van der Waals surface area contributed by atoms with E-state index in [9.17, 15) is 8.42 Å². The molecule has 0 amide bonds. The summed E-state index contributed by atoms with van der Waals surface area (Å²) in [4.78, 5) is 0.0658. The molecule has 2 aromatic carbocycles. The van der Waals surface area contributed by atoms with Crippen LogP contribution in [0, 0.1) is 0 Å². The zero-order valence-electron chi connectivity index (χ0n) is 15.5. The van der Waals surface area contributed by atoms with Crippen molar-refractivity contribution in [2.45, 2.75) is 30.7 Å². The molecule has 0 saturated carbocycles.